The first-order valence-corrected chi connectivity index (χ1v) is 9.91. The largest absolute Gasteiger partial charge is 0.492 e. The molecule has 0 bridgehead atoms. The lowest BCUT2D eigenvalue weighted by Gasteiger charge is -2.13. The minimum Gasteiger partial charge on any atom is -0.492 e. The molecule has 2 aromatic carbocycles. The minimum atomic E-state index is -0.425. The van der Waals surface area contributed by atoms with Crippen molar-refractivity contribution in [3.63, 3.8) is 0 Å². The Morgan fingerprint density at radius 2 is 2.00 bits per heavy atom. The second-order valence-electron chi connectivity index (χ2n) is 6.34. The zero-order valence-corrected chi connectivity index (χ0v) is 18.1. The van der Waals surface area contributed by atoms with Crippen molar-refractivity contribution >= 4 is 40.6 Å². The number of nitrogens with zero attached hydrogens (tertiary/aromatic N) is 1. The minimum absolute atomic E-state index is 0.230. The summed E-state index contributed by atoms with van der Waals surface area (Å²) in [5.74, 6) is 0.889. The number of nitrogens with one attached hydrogen (secondary N) is 1. The maximum atomic E-state index is 12.7. The van der Waals surface area contributed by atoms with Gasteiger partial charge in [0.2, 0.25) is 0 Å². The number of benzene rings is 2. The molecule has 0 atom stereocenters. The fourth-order valence-electron chi connectivity index (χ4n) is 3.01. The van der Waals surface area contributed by atoms with Gasteiger partial charge < -0.3 is 14.8 Å². The number of carbonyl (C=O) groups is 2. The molecule has 146 valence electrons. The molecule has 2 aromatic rings. The van der Waals surface area contributed by atoms with E-state index in [0.29, 0.717) is 18.1 Å². The predicted molar refractivity (Wildman–Crippen MR) is 115 cm³/mol. The number of hydrogen-bond acceptors (Lipinski definition) is 4. The molecule has 3 rings (SSSR count). The Kier molecular flexibility index (Phi) is 6.23. The van der Waals surface area contributed by atoms with Crippen molar-refractivity contribution in [2.24, 2.45) is 0 Å². The van der Waals surface area contributed by atoms with Gasteiger partial charge >= 0.3 is 6.03 Å². The number of amides is 3. The van der Waals surface area contributed by atoms with E-state index < -0.39 is 6.03 Å². The Hall–Kier alpha value is -2.55. The fourth-order valence-corrected chi connectivity index (χ4v) is 3.85. The maximum absolute atomic E-state index is 12.7. The van der Waals surface area contributed by atoms with Crippen molar-refractivity contribution in [3.05, 3.63) is 62.4 Å². The monoisotopic (exact) mass is 492 g/mol. The van der Waals surface area contributed by atoms with Gasteiger partial charge in [0.1, 0.15) is 5.70 Å². The van der Waals surface area contributed by atoms with Crippen LogP contribution >= 0.6 is 22.6 Å². The zero-order valence-electron chi connectivity index (χ0n) is 15.9. The Balaban J connectivity index is 1.87. The second-order valence-corrected chi connectivity index (χ2v) is 7.50. The van der Waals surface area contributed by atoms with E-state index in [9.17, 15) is 9.59 Å². The fraction of sp³-hybridized carbons (Fsp3) is 0.238. The number of urea groups is 1. The number of halogens is 1. The summed E-state index contributed by atoms with van der Waals surface area (Å²) in [7, 11) is 1.59. The molecule has 1 aliphatic heterocycles. The van der Waals surface area contributed by atoms with Gasteiger partial charge in [0.15, 0.2) is 11.5 Å². The van der Waals surface area contributed by atoms with Crippen LogP contribution in [-0.2, 0) is 11.3 Å². The lowest BCUT2D eigenvalue weighted by Crippen LogP contribution is -2.30. The first kappa shape index (κ1) is 20.2. The molecule has 0 saturated carbocycles. The molecule has 1 heterocycles. The molecule has 28 heavy (non-hydrogen) atoms. The van der Waals surface area contributed by atoms with E-state index in [0.717, 1.165) is 20.3 Å². The van der Waals surface area contributed by atoms with E-state index in [1.165, 1.54) is 4.90 Å². The van der Waals surface area contributed by atoms with Crippen LogP contribution in [0, 0.1) is 10.5 Å². The Morgan fingerprint density at radius 3 is 2.68 bits per heavy atom. The highest BCUT2D eigenvalue weighted by Gasteiger charge is 2.33. The van der Waals surface area contributed by atoms with E-state index in [4.69, 9.17) is 9.47 Å². The SMILES string of the molecule is CCOc1cc(/C=C2/NC(=O)N(Cc3cccc(C)c3)C2=O)cc(I)c1OC. The summed E-state index contributed by atoms with van der Waals surface area (Å²) in [4.78, 5) is 26.3. The molecule has 7 heteroatoms. The molecule has 1 aliphatic rings. The van der Waals surface area contributed by atoms with Crippen LogP contribution in [0.25, 0.3) is 6.08 Å². The topological polar surface area (TPSA) is 67.9 Å². The summed E-state index contributed by atoms with van der Waals surface area (Å²) < 4.78 is 11.9. The van der Waals surface area contributed by atoms with Gasteiger partial charge in [-0.05, 0) is 65.8 Å². The van der Waals surface area contributed by atoms with Gasteiger partial charge in [-0.1, -0.05) is 29.8 Å². The van der Waals surface area contributed by atoms with E-state index >= 15 is 0 Å². The average Bonchev–Trinajstić information content (AvgIpc) is 2.89. The number of hydrogen-bond donors (Lipinski definition) is 1. The molecule has 6 nitrogen and oxygen atoms in total. The van der Waals surface area contributed by atoms with Crippen molar-refractivity contribution in [1.29, 1.82) is 0 Å². The highest BCUT2D eigenvalue weighted by molar-refractivity contribution is 14.1. The van der Waals surface area contributed by atoms with Crippen molar-refractivity contribution in [2.45, 2.75) is 20.4 Å². The molecular formula is C21H21IN2O4. The van der Waals surface area contributed by atoms with Gasteiger partial charge in [-0.15, -0.1) is 0 Å². The molecule has 0 radical (unpaired) electrons. The van der Waals surface area contributed by atoms with Crippen LogP contribution in [0.5, 0.6) is 11.5 Å². The van der Waals surface area contributed by atoms with Crippen molar-refractivity contribution in [2.75, 3.05) is 13.7 Å². The predicted octanol–water partition coefficient (Wildman–Crippen LogP) is 4.10. The number of imide groups is 1. The van der Waals surface area contributed by atoms with Gasteiger partial charge in [0.05, 0.1) is 23.8 Å². The molecule has 0 unspecified atom stereocenters. The first-order chi connectivity index (χ1) is 13.4. The number of carbonyl (C=O) groups excluding carboxylic acids is 2. The average molecular weight is 492 g/mol. The first-order valence-electron chi connectivity index (χ1n) is 8.83. The van der Waals surface area contributed by atoms with E-state index in [1.54, 1.807) is 19.3 Å². The van der Waals surface area contributed by atoms with E-state index in [2.05, 4.69) is 27.9 Å². The van der Waals surface area contributed by atoms with Gasteiger partial charge in [-0.25, -0.2) is 4.79 Å². The van der Waals surface area contributed by atoms with Crippen LogP contribution in [0.15, 0.2) is 42.1 Å². The Bertz CT molecular complexity index is 955. The molecular weight excluding hydrogens is 471 g/mol. The summed E-state index contributed by atoms with van der Waals surface area (Å²) in [6.45, 7) is 4.59. The standard InChI is InChI=1S/C21H21IN2O4/c1-4-28-18-11-15(9-16(22)19(18)27-3)10-17-20(25)24(21(26)23-17)12-14-7-5-6-13(2)8-14/h5-11H,4,12H2,1-3H3,(H,23,26)/b17-10+. The third-order valence-electron chi connectivity index (χ3n) is 4.23. The van der Waals surface area contributed by atoms with Gasteiger partial charge in [0.25, 0.3) is 5.91 Å². The van der Waals surface area contributed by atoms with Crippen LogP contribution in [0.2, 0.25) is 0 Å². The smallest absolute Gasteiger partial charge is 0.329 e. The van der Waals surface area contributed by atoms with E-state index in [-0.39, 0.29) is 18.1 Å². The molecule has 0 aliphatic carbocycles. The molecule has 0 spiro atoms. The van der Waals surface area contributed by atoms with Gasteiger partial charge in [-0.3, -0.25) is 9.69 Å². The molecule has 1 fully saturated rings. The quantitative estimate of drug-likeness (QED) is 0.375. The number of rotatable bonds is 6. The van der Waals surface area contributed by atoms with Crippen molar-refractivity contribution in [1.82, 2.24) is 10.2 Å². The van der Waals surface area contributed by atoms with Gasteiger partial charge in [0, 0.05) is 0 Å². The summed E-state index contributed by atoms with van der Waals surface area (Å²) in [5.41, 5.74) is 2.97. The molecule has 3 amide bonds. The number of ether oxygens (including phenoxy) is 2. The zero-order chi connectivity index (χ0) is 20.3. The lowest BCUT2D eigenvalue weighted by molar-refractivity contribution is -0.123. The maximum Gasteiger partial charge on any atom is 0.329 e. The van der Waals surface area contributed by atoms with Crippen LogP contribution in [0.4, 0.5) is 4.79 Å². The van der Waals surface area contributed by atoms with Crippen LogP contribution in [0.1, 0.15) is 23.6 Å². The lowest BCUT2D eigenvalue weighted by atomic mass is 10.1. The summed E-state index contributed by atoms with van der Waals surface area (Å²) in [6, 6.07) is 11.0. The molecule has 1 N–H and O–H groups in total. The van der Waals surface area contributed by atoms with Gasteiger partial charge in [-0.2, -0.15) is 0 Å². The second kappa shape index (κ2) is 8.64. The summed E-state index contributed by atoms with van der Waals surface area (Å²) >= 11 is 2.15. The Labute approximate surface area is 177 Å². The van der Waals surface area contributed by atoms with Crippen LogP contribution in [0.3, 0.4) is 0 Å². The number of aryl methyl sites for hydroxylation is 1. The van der Waals surface area contributed by atoms with Crippen LogP contribution < -0.4 is 14.8 Å². The third-order valence-corrected chi connectivity index (χ3v) is 5.03. The summed E-state index contributed by atoms with van der Waals surface area (Å²) in [5, 5.41) is 2.66. The van der Waals surface area contributed by atoms with Crippen molar-refractivity contribution < 1.29 is 19.1 Å². The number of methoxy groups -OCH3 is 1. The van der Waals surface area contributed by atoms with Crippen LogP contribution in [-0.4, -0.2) is 30.6 Å². The highest BCUT2D eigenvalue weighted by Crippen LogP contribution is 2.34. The highest BCUT2D eigenvalue weighted by atomic mass is 127. The van der Waals surface area contributed by atoms with Crippen molar-refractivity contribution in [3.8, 4) is 11.5 Å². The summed E-state index contributed by atoms with van der Waals surface area (Å²) in [6.07, 6.45) is 1.65. The normalized spacial score (nSPS) is 15.1. The molecule has 1 saturated heterocycles. The Morgan fingerprint density at radius 1 is 1.21 bits per heavy atom. The van der Waals surface area contributed by atoms with E-state index in [1.807, 2.05) is 44.2 Å². The third kappa shape index (κ3) is 4.30. The molecule has 0 aromatic heterocycles.